The molecule has 3 rings (SSSR count). The molecule has 214 valence electrons. The van der Waals surface area contributed by atoms with Crippen LogP contribution >= 0.6 is 11.6 Å². The topological polar surface area (TPSA) is 96.0 Å². The molecule has 1 N–H and O–H groups in total. The van der Waals surface area contributed by atoms with Gasteiger partial charge in [-0.1, -0.05) is 60.5 Å². The standard InChI is InChI=1S/C30H36ClN3O5S/c1-6-26(30(36)32-7-2)33(19-23-11-9-8-10-22(23)4)29(35)20-34(27-18-24(31)14-17-28(27)39-5)40(37,38)25-15-12-21(3)13-16-25/h8-18,26H,6-7,19-20H2,1-5H3,(H,32,36)/t26-/m1/s1. The van der Waals surface area contributed by atoms with Gasteiger partial charge < -0.3 is 15.0 Å². The zero-order chi connectivity index (χ0) is 29.4. The second-order valence-electron chi connectivity index (χ2n) is 9.41. The second-order valence-corrected chi connectivity index (χ2v) is 11.7. The Hall–Kier alpha value is -3.56. The quantitative estimate of drug-likeness (QED) is 0.319. The van der Waals surface area contributed by atoms with E-state index < -0.39 is 28.5 Å². The smallest absolute Gasteiger partial charge is 0.264 e. The molecule has 0 aromatic heterocycles. The molecule has 10 heteroatoms. The predicted molar refractivity (Wildman–Crippen MR) is 158 cm³/mol. The summed E-state index contributed by atoms with van der Waals surface area (Å²) in [6.07, 6.45) is 0.342. The Morgan fingerprint density at radius 2 is 1.68 bits per heavy atom. The molecule has 0 bridgehead atoms. The number of ether oxygens (including phenoxy) is 1. The Bertz CT molecular complexity index is 1440. The van der Waals surface area contributed by atoms with Gasteiger partial charge in [0.1, 0.15) is 18.3 Å². The number of anilines is 1. The van der Waals surface area contributed by atoms with E-state index >= 15 is 0 Å². The van der Waals surface area contributed by atoms with Gasteiger partial charge in [0.25, 0.3) is 10.0 Å². The highest BCUT2D eigenvalue weighted by atomic mass is 35.5. The first-order valence-corrected chi connectivity index (χ1v) is 14.9. The maximum Gasteiger partial charge on any atom is 0.264 e. The Morgan fingerprint density at radius 1 is 1.00 bits per heavy atom. The number of nitrogens with one attached hydrogen (secondary N) is 1. The highest BCUT2D eigenvalue weighted by Gasteiger charge is 2.35. The van der Waals surface area contributed by atoms with Gasteiger partial charge in [-0.25, -0.2) is 8.42 Å². The third-order valence-corrected chi connectivity index (χ3v) is 8.65. The Morgan fingerprint density at radius 3 is 2.27 bits per heavy atom. The molecule has 0 saturated heterocycles. The lowest BCUT2D eigenvalue weighted by Crippen LogP contribution is -2.52. The van der Waals surface area contributed by atoms with Crippen LogP contribution in [-0.4, -0.2) is 51.4 Å². The van der Waals surface area contributed by atoms with Crippen molar-refractivity contribution in [2.24, 2.45) is 0 Å². The molecule has 0 spiro atoms. The van der Waals surface area contributed by atoms with Crippen LogP contribution in [0.2, 0.25) is 5.02 Å². The molecule has 0 saturated carbocycles. The number of rotatable bonds is 12. The van der Waals surface area contributed by atoms with Gasteiger partial charge in [0, 0.05) is 18.1 Å². The number of nitrogens with zero attached hydrogens (tertiary/aromatic N) is 2. The molecule has 3 aromatic rings. The third kappa shape index (κ3) is 7.14. The lowest BCUT2D eigenvalue weighted by atomic mass is 10.1. The molecular weight excluding hydrogens is 550 g/mol. The SMILES string of the molecule is CCNC(=O)[C@@H](CC)N(Cc1ccccc1C)C(=O)CN(c1cc(Cl)ccc1OC)S(=O)(=O)c1ccc(C)cc1. The summed E-state index contributed by atoms with van der Waals surface area (Å²) >= 11 is 6.28. The fourth-order valence-electron chi connectivity index (χ4n) is 4.39. The fourth-order valence-corrected chi connectivity index (χ4v) is 5.97. The van der Waals surface area contributed by atoms with E-state index in [1.165, 1.54) is 30.2 Å². The monoisotopic (exact) mass is 585 g/mol. The van der Waals surface area contributed by atoms with Gasteiger partial charge in [-0.3, -0.25) is 13.9 Å². The molecule has 0 aliphatic heterocycles. The van der Waals surface area contributed by atoms with E-state index in [1.54, 1.807) is 31.2 Å². The van der Waals surface area contributed by atoms with Crippen LogP contribution < -0.4 is 14.4 Å². The Balaban J connectivity index is 2.14. The van der Waals surface area contributed by atoms with Crippen molar-refractivity contribution in [3.63, 3.8) is 0 Å². The van der Waals surface area contributed by atoms with E-state index in [-0.39, 0.29) is 33.8 Å². The number of methoxy groups -OCH3 is 1. The molecule has 3 aromatic carbocycles. The molecule has 0 radical (unpaired) electrons. The fraction of sp³-hybridized carbons (Fsp3) is 0.333. The number of benzene rings is 3. The van der Waals surface area contributed by atoms with Crippen LogP contribution in [0.15, 0.2) is 71.6 Å². The van der Waals surface area contributed by atoms with Crippen molar-refractivity contribution in [1.82, 2.24) is 10.2 Å². The number of hydrogen-bond acceptors (Lipinski definition) is 5. The van der Waals surface area contributed by atoms with Crippen molar-refractivity contribution in [3.8, 4) is 5.75 Å². The highest BCUT2D eigenvalue weighted by Crippen LogP contribution is 2.35. The summed E-state index contributed by atoms with van der Waals surface area (Å²) in [5.74, 6) is -0.617. The number of aryl methyl sites for hydroxylation is 2. The van der Waals surface area contributed by atoms with E-state index in [0.29, 0.717) is 13.0 Å². The summed E-state index contributed by atoms with van der Waals surface area (Å²) in [4.78, 5) is 28.7. The van der Waals surface area contributed by atoms with Crippen molar-refractivity contribution in [2.45, 2.75) is 51.6 Å². The van der Waals surface area contributed by atoms with Crippen LogP contribution in [0.3, 0.4) is 0 Å². The summed E-state index contributed by atoms with van der Waals surface area (Å²) in [5, 5.41) is 3.08. The predicted octanol–water partition coefficient (Wildman–Crippen LogP) is 5.10. The largest absolute Gasteiger partial charge is 0.495 e. The molecular formula is C30H36ClN3O5S. The number of carbonyl (C=O) groups is 2. The van der Waals surface area contributed by atoms with Crippen LogP contribution in [0, 0.1) is 13.8 Å². The van der Waals surface area contributed by atoms with Crippen molar-refractivity contribution < 1.29 is 22.7 Å². The van der Waals surface area contributed by atoms with Crippen molar-refractivity contribution in [3.05, 3.63) is 88.4 Å². The minimum atomic E-state index is -4.25. The molecule has 0 fully saturated rings. The molecule has 8 nitrogen and oxygen atoms in total. The van der Waals surface area contributed by atoms with Gasteiger partial charge in [-0.15, -0.1) is 0 Å². The zero-order valence-electron chi connectivity index (χ0n) is 23.5. The molecule has 0 aliphatic rings. The Labute approximate surface area is 241 Å². The maximum atomic E-state index is 14.1. The van der Waals surface area contributed by atoms with Gasteiger partial charge in [-0.05, 0) is 68.7 Å². The lowest BCUT2D eigenvalue weighted by molar-refractivity contribution is -0.140. The summed E-state index contributed by atoms with van der Waals surface area (Å²) < 4.78 is 34.6. The molecule has 1 atom stereocenters. The van der Waals surface area contributed by atoms with Crippen LogP contribution in [0.25, 0.3) is 0 Å². The van der Waals surface area contributed by atoms with Crippen LogP contribution in [0.5, 0.6) is 5.75 Å². The first-order chi connectivity index (χ1) is 19.0. The average molecular weight is 586 g/mol. The summed E-state index contributed by atoms with van der Waals surface area (Å²) in [6.45, 7) is 7.36. The number of likely N-dealkylation sites (N-methyl/N-ethyl adjacent to an activating group) is 1. The minimum absolute atomic E-state index is 0.00847. The number of hydrogen-bond donors (Lipinski definition) is 1. The lowest BCUT2D eigenvalue weighted by Gasteiger charge is -2.33. The van der Waals surface area contributed by atoms with Crippen molar-refractivity contribution in [1.29, 1.82) is 0 Å². The third-order valence-electron chi connectivity index (χ3n) is 6.64. The normalized spacial score (nSPS) is 11.9. The first kappa shape index (κ1) is 31.0. The van der Waals surface area contributed by atoms with Gasteiger partial charge in [0.05, 0.1) is 17.7 Å². The molecule has 0 aliphatic carbocycles. The molecule has 40 heavy (non-hydrogen) atoms. The highest BCUT2D eigenvalue weighted by molar-refractivity contribution is 7.92. The van der Waals surface area contributed by atoms with Crippen LogP contribution in [0.1, 0.15) is 37.0 Å². The minimum Gasteiger partial charge on any atom is -0.495 e. The molecule has 0 heterocycles. The van der Waals surface area contributed by atoms with E-state index in [1.807, 2.05) is 45.0 Å². The van der Waals surface area contributed by atoms with Crippen LogP contribution in [-0.2, 0) is 26.2 Å². The van der Waals surface area contributed by atoms with E-state index in [9.17, 15) is 18.0 Å². The first-order valence-electron chi connectivity index (χ1n) is 13.1. The summed E-state index contributed by atoms with van der Waals surface area (Å²) in [5.41, 5.74) is 2.81. The number of amides is 2. The maximum absolute atomic E-state index is 14.1. The van der Waals surface area contributed by atoms with Gasteiger partial charge in [-0.2, -0.15) is 0 Å². The average Bonchev–Trinajstić information content (AvgIpc) is 2.92. The number of carbonyl (C=O) groups excluding carboxylic acids is 2. The van der Waals surface area contributed by atoms with E-state index in [0.717, 1.165) is 21.0 Å². The van der Waals surface area contributed by atoms with Crippen molar-refractivity contribution in [2.75, 3.05) is 24.5 Å². The van der Waals surface area contributed by atoms with Gasteiger partial charge in [0.2, 0.25) is 11.8 Å². The van der Waals surface area contributed by atoms with E-state index in [4.69, 9.17) is 16.3 Å². The van der Waals surface area contributed by atoms with Crippen LogP contribution in [0.4, 0.5) is 5.69 Å². The van der Waals surface area contributed by atoms with E-state index in [2.05, 4.69) is 5.32 Å². The van der Waals surface area contributed by atoms with Gasteiger partial charge in [0.15, 0.2) is 0 Å². The second kappa shape index (κ2) is 13.7. The number of sulfonamides is 1. The number of halogens is 1. The van der Waals surface area contributed by atoms with Crippen molar-refractivity contribution >= 4 is 39.1 Å². The summed E-state index contributed by atoms with van der Waals surface area (Å²) in [7, 11) is -2.83. The zero-order valence-corrected chi connectivity index (χ0v) is 25.1. The molecule has 0 unspecified atom stereocenters. The molecule has 2 amide bonds. The Kier molecular flexibility index (Phi) is 10.6. The van der Waals surface area contributed by atoms with Gasteiger partial charge >= 0.3 is 0 Å². The summed E-state index contributed by atoms with van der Waals surface area (Å²) in [6, 6.07) is 17.7.